The van der Waals surface area contributed by atoms with Gasteiger partial charge in [0.15, 0.2) is 5.96 Å². The second-order valence-corrected chi connectivity index (χ2v) is 7.88. The number of guanidine groups is 1. The lowest BCUT2D eigenvalue weighted by Gasteiger charge is -2.31. The highest BCUT2D eigenvalue weighted by molar-refractivity contribution is 14.0. The van der Waals surface area contributed by atoms with Gasteiger partial charge in [-0.05, 0) is 51.5 Å². The molecule has 27 heavy (non-hydrogen) atoms. The number of hydrogen-bond acceptors (Lipinski definition) is 3. The van der Waals surface area contributed by atoms with Crippen molar-refractivity contribution in [1.82, 2.24) is 16.0 Å². The van der Waals surface area contributed by atoms with Crippen LogP contribution < -0.4 is 16.0 Å². The Morgan fingerprint density at radius 2 is 1.93 bits per heavy atom. The van der Waals surface area contributed by atoms with E-state index in [1.807, 2.05) is 7.05 Å². The SMILES string of the molecule is CN=C(NCCCOCC1CC1)NCC(C)(C)NC(C)c1ccccc1.I. The highest BCUT2D eigenvalue weighted by atomic mass is 127. The first-order valence-corrected chi connectivity index (χ1v) is 9.85. The van der Waals surface area contributed by atoms with E-state index in [0.717, 1.165) is 44.6 Å². The molecule has 3 N–H and O–H groups in total. The molecule has 1 atom stereocenters. The van der Waals surface area contributed by atoms with Crippen LogP contribution >= 0.6 is 24.0 Å². The molecular weight excluding hydrogens is 451 g/mol. The average Bonchev–Trinajstić information content (AvgIpc) is 3.45. The van der Waals surface area contributed by atoms with Crippen LogP contribution in [0.2, 0.25) is 0 Å². The molecule has 0 heterocycles. The van der Waals surface area contributed by atoms with Crippen molar-refractivity contribution in [1.29, 1.82) is 0 Å². The van der Waals surface area contributed by atoms with E-state index in [2.05, 4.69) is 72.0 Å². The van der Waals surface area contributed by atoms with Crippen molar-refractivity contribution in [3.8, 4) is 0 Å². The zero-order valence-corrected chi connectivity index (χ0v) is 19.6. The zero-order valence-electron chi connectivity index (χ0n) is 17.3. The van der Waals surface area contributed by atoms with Crippen LogP contribution in [0.3, 0.4) is 0 Å². The molecule has 0 amide bonds. The fourth-order valence-corrected chi connectivity index (χ4v) is 2.90. The van der Waals surface area contributed by atoms with Crippen molar-refractivity contribution in [3.05, 3.63) is 35.9 Å². The van der Waals surface area contributed by atoms with Crippen molar-refractivity contribution in [2.24, 2.45) is 10.9 Å². The quantitative estimate of drug-likeness (QED) is 0.192. The summed E-state index contributed by atoms with van der Waals surface area (Å²) in [5, 5.41) is 10.5. The number of nitrogens with one attached hydrogen (secondary N) is 3. The van der Waals surface area contributed by atoms with Gasteiger partial charge < -0.3 is 20.7 Å². The molecule has 1 fully saturated rings. The Labute approximate surface area is 182 Å². The number of hydrogen-bond donors (Lipinski definition) is 3. The molecule has 6 heteroatoms. The van der Waals surface area contributed by atoms with Crippen molar-refractivity contribution in [3.63, 3.8) is 0 Å². The van der Waals surface area contributed by atoms with Crippen molar-refractivity contribution in [2.45, 2.75) is 51.6 Å². The molecule has 1 saturated carbocycles. The van der Waals surface area contributed by atoms with Crippen LogP contribution in [0.5, 0.6) is 0 Å². The molecule has 1 aliphatic rings. The molecule has 2 rings (SSSR count). The van der Waals surface area contributed by atoms with Crippen LogP contribution in [-0.4, -0.2) is 44.8 Å². The second kappa shape index (κ2) is 12.6. The molecular formula is C21H37IN4O. The summed E-state index contributed by atoms with van der Waals surface area (Å²) < 4.78 is 5.66. The molecule has 1 unspecified atom stereocenters. The van der Waals surface area contributed by atoms with E-state index in [0.29, 0.717) is 6.04 Å². The highest BCUT2D eigenvalue weighted by Gasteiger charge is 2.21. The predicted molar refractivity (Wildman–Crippen MR) is 125 cm³/mol. The van der Waals surface area contributed by atoms with Crippen LogP contribution in [0.25, 0.3) is 0 Å². The smallest absolute Gasteiger partial charge is 0.191 e. The molecule has 5 nitrogen and oxygen atoms in total. The van der Waals surface area contributed by atoms with Crippen LogP contribution in [-0.2, 0) is 4.74 Å². The maximum absolute atomic E-state index is 5.66. The normalized spacial score (nSPS) is 15.8. The number of benzene rings is 1. The first-order chi connectivity index (χ1) is 12.5. The average molecular weight is 488 g/mol. The number of rotatable bonds is 11. The molecule has 0 radical (unpaired) electrons. The zero-order chi connectivity index (χ0) is 18.8. The van der Waals surface area contributed by atoms with E-state index in [1.54, 1.807) is 0 Å². The summed E-state index contributed by atoms with van der Waals surface area (Å²) in [6.45, 7) is 10.0. The third kappa shape index (κ3) is 10.3. The van der Waals surface area contributed by atoms with E-state index in [1.165, 1.54) is 18.4 Å². The minimum atomic E-state index is -0.0553. The van der Waals surface area contributed by atoms with Crippen molar-refractivity contribution < 1.29 is 4.74 Å². The van der Waals surface area contributed by atoms with E-state index >= 15 is 0 Å². The molecule has 0 spiro atoms. The highest BCUT2D eigenvalue weighted by Crippen LogP contribution is 2.28. The molecule has 154 valence electrons. The van der Waals surface area contributed by atoms with Gasteiger partial charge in [-0.1, -0.05) is 30.3 Å². The molecule has 1 aromatic carbocycles. The largest absolute Gasteiger partial charge is 0.381 e. The lowest BCUT2D eigenvalue weighted by atomic mass is 10.0. The van der Waals surface area contributed by atoms with E-state index in [4.69, 9.17) is 4.74 Å². The summed E-state index contributed by atoms with van der Waals surface area (Å²) in [6, 6.07) is 10.8. The van der Waals surface area contributed by atoms with Gasteiger partial charge in [0.05, 0.1) is 0 Å². The lowest BCUT2D eigenvalue weighted by molar-refractivity contribution is 0.123. The molecule has 0 aliphatic heterocycles. The summed E-state index contributed by atoms with van der Waals surface area (Å²) in [6.07, 6.45) is 3.70. The Kier molecular flexibility index (Phi) is 11.3. The molecule has 0 saturated heterocycles. The minimum absolute atomic E-state index is 0. The Bertz CT molecular complexity index is 546. The molecule has 1 aliphatic carbocycles. The summed E-state index contributed by atoms with van der Waals surface area (Å²) >= 11 is 0. The van der Waals surface area contributed by atoms with E-state index < -0.39 is 0 Å². The van der Waals surface area contributed by atoms with Gasteiger partial charge in [-0.15, -0.1) is 24.0 Å². The van der Waals surface area contributed by atoms with E-state index in [9.17, 15) is 0 Å². The third-order valence-corrected chi connectivity index (χ3v) is 4.64. The van der Waals surface area contributed by atoms with Crippen LogP contribution in [0.15, 0.2) is 35.3 Å². The molecule has 0 aromatic heterocycles. The van der Waals surface area contributed by atoms with Gasteiger partial charge >= 0.3 is 0 Å². The number of nitrogens with zero attached hydrogens (tertiary/aromatic N) is 1. The Morgan fingerprint density at radius 3 is 2.56 bits per heavy atom. The van der Waals surface area contributed by atoms with Crippen molar-refractivity contribution in [2.75, 3.05) is 33.4 Å². The van der Waals surface area contributed by atoms with Crippen LogP contribution in [0.1, 0.15) is 51.6 Å². The first kappa shape index (κ1) is 24.2. The third-order valence-electron chi connectivity index (χ3n) is 4.64. The predicted octanol–water partition coefficient (Wildman–Crippen LogP) is 3.72. The van der Waals surface area contributed by atoms with E-state index in [-0.39, 0.29) is 29.5 Å². The fourth-order valence-electron chi connectivity index (χ4n) is 2.90. The minimum Gasteiger partial charge on any atom is -0.381 e. The maximum Gasteiger partial charge on any atom is 0.191 e. The number of aliphatic imine (C=N–C) groups is 1. The van der Waals surface area contributed by atoms with Gasteiger partial charge in [0.1, 0.15) is 0 Å². The van der Waals surface area contributed by atoms with Gasteiger partial charge in [-0.3, -0.25) is 4.99 Å². The Hall–Kier alpha value is -0.860. The molecule has 1 aromatic rings. The Balaban J connectivity index is 0.00000364. The first-order valence-electron chi connectivity index (χ1n) is 9.85. The maximum atomic E-state index is 5.66. The van der Waals surface area contributed by atoms with Gasteiger partial charge in [0, 0.05) is 44.9 Å². The number of ether oxygens (including phenoxy) is 1. The summed E-state index contributed by atoms with van der Waals surface area (Å²) in [4.78, 5) is 4.31. The summed E-state index contributed by atoms with van der Waals surface area (Å²) in [5.74, 6) is 1.68. The van der Waals surface area contributed by atoms with Gasteiger partial charge in [0.25, 0.3) is 0 Å². The second-order valence-electron chi connectivity index (χ2n) is 7.88. The van der Waals surface area contributed by atoms with Crippen LogP contribution in [0, 0.1) is 5.92 Å². The topological polar surface area (TPSA) is 57.7 Å². The lowest BCUT2D eigenvalue weighted by Crippen LogP contribution is -2.52. The molecule has 0 bridgehead atoms. The standard InChI is InChI=1S/C21H36N4O.HI/c1-17(19-9-6-5-7-10-19)25-21(2,3)16-24-20(22-4)23-13-8-14-26-15-18-11-12-18;/h5-7,9-10,17-18,25H,8,11-16H2,1-4H3,(H2,22,23,24);1H. The van der Waals surface area contributed by atoms with Gasteiger partial charge in [0.2, 0.25) is 0 Å². The summed E-state index contributed by atoms with van der Waals surface area (Å²) in [7, 11) is 1.81. The van der Waals surface area contributed by atoms with Gasteiger partial charge in [-0.2, -0.15) is 0 Å². The number of halogens is 1. The van der Waals surface area contributed by atoms with Crippen LogP contribution in [0.4, 0.5) is 0 Å². The van der Waals surface area contributed by atoms with Gasteiger partial charge in [-0.25, -0.2) is 0 Å². The fraction of sp³-hybridized carbons (Fsp3) is 0.667. The Morgan fingerprint density at radius 1 is 1.22 bits per heavy atom. The summed E-state index contributed by atoms with van der Waals surface area (Å²) in [5.41, 5.74) is 1.24. The van der Waals surface area contributed by atoms with Crippen molar-refractivity contribution >= 4 is 29.9 Å². The monoisotopic (exact) mass is 488 g/mol.